The van der Waals surface area contributed by atoms with E-state index in [9.17, 15) is 4.79 Å². The maximum atomic E-state index is 12.7. The van der Waals surface area contributed by atoms with E-state index in [-0.39, 0.29) is 17.9 Å². The molecule has 1 N–H and O–H groups in total. The Balaban J connectivity index is 2.08. The Bertz CT molecular complexity index is 462. The van der Waals surface area contributed by atoms with Crippen molar-refractivity contribution >= 4 is 11.6 Å². The summed E-state index contributed by atoms with van der Waals surface area (Å²) in [4.78, 5) is 14.4. The number of carbonyl (C=O) groups is 1. The molecule has 0 aliphatic carbocycles. The number of ether oxygens (including phenoxy) is 1. The second-order valence-corrected chi connectivity index (χ2v) is 5.39. The van der Waals surface area contributed by atoms with Crippen LogP contribution in [-0.4, -0.2) is 38.8 Å². The number of nitrogens with zero attached hydrogens (tertiary/aromatic N) is 1. The van der Waals surface area contributed by atoms with Crippen molar-refractivity contribution in [3.05, 3.63) is 29.8 Å². The Morgan fingerprint density at radius 1 is 1.40 bits per heavy atom. The maximum Gasteiger partial charge on any atom is 0.233 e. The topological polar surface area (TPSA) is 41.6 Å². The zero-order valence-electron chi connectivity index (χ0n) is 12.6. The van der Waals surface area contributed by atoms with Gasteiger partial charge in [0.15, 0.2) is 0 Å². The van der Waals surface area contributed by atoms with Crippen LogP contribution in [0.3, 0.4) is 0 Å². The van der Waals surface area contributed by atoms with Crippen LogP contribution in [0.2, 0.25) is 0 Å². The normalized spacial score (nSPS) is 21.9. The molecule has 20 heavy (non-hydrogen) atoms. The monoisotopic (exact) mass is 276 g/mol. The first-order valence-electron chi connectivity index (χ1n) is 7.29. The molecule has 1 aromatic carbocycles. The fourth-order valence-corrected chi connectivity index (χ4v) is 2.64. The quantitative estimate of drug-likeness (QED) is 0.894. The second kappa shape index (κ2) is 6.86. The van der Waals surface area contributed by atoms with Crippen molar-refractivity contribution in [1.82, 2.24) is 5.32 Å². The van der Waals surface area contributed by atoms with Gasteiger partial charge < -0.3 is 15.0 Å². The maximum absolute atomic E-state index is 12.7. The Morgan fingerprint density at radius 2 is 2.15 bits per heavy atom. The smallest absolute Gasteiger partial charge is 0.233 e. The van der Waals surface area contributed by atoms with E-state index in [0.717, 1.165) is 24.2 Å². The van der Waals surface area contributed by atoms with Crippen LogP contribution < -0.4 is 10.2 Å². The molecule has 0 aromatic heterocycles. The van der Waals surface area contributed by atoms with E-state index in [1.807, 2.05) is 38.2 Å². The van der Waals surface area contributed by atoms with Crippen LogP contribution in [0.15, 0.2) is 24.3 Å². The van der Waals surface area contributed by atoms with Crippen LogP contribution in [0.5, 0.6) is 0 Å². The highest BCUT2D eigenvalue weighted by Gasteiger charge is 2.35. The summed E-state index contributed by atoms with van der Waals surface area (Å²) in [5.74, 6) is 0.0385. The van der Waals surface area contributed by atoms with Crippen LogP contribution in [0, 0.1) is 12.8 Å². The third-order valence-electron chi connectivity index (χ3n) is 3.86. The molecule has 4 nitrogen and oxygen atoms in total. The fraction of sp³-hybridized carbons (Fsp3) is 0.562. The summed E-state index contributed by atoms with van der Waals surface area (Å²) in [7, 11) is 1.85. The predicted octanol–water partition coefficient (Wildman–Crippen LogP) is 1.97. The summed E-state index contributed by atoms with van der Waals surface area (Å²) < 4.78 is 5.49. The number of anilines is 1. The van der Waals surface area contributed by atoms with Gasteiger partial charge in [-0.15, -0.1) is 0 Å². The van der Waals surface area contributed by atoms with Crippen molar-refractivity contribution in [3.8, 4) is 0 Å². The zero-order valence-corrected chi connectivity index (χ0v) is 12.6. The van der Waals surface area contributed by atoms with Crippen LogP contribution >= 0.6 is 0 Å². The van der Waals surface area contributed by atoms with Crippen molar-refractivity contribution in [2.45, 2.75) is 26.3 Å². The molecule has 1 aliphatic heterocycles. The first-order valence-corrected chi connectivity index (χ1v) is 7.29. The van der Waals surface area contributed by atoms with Crippen molar-refractivity contribution in [2.75, 3.05) is 31.7 Å². The van der Waals surface area contributed by atoms with Gasteiger partial charge in [0.25, 0.3) is 0 Å². The summed E-state index contributed by atoms with van der Waals surface area (Å²) in [6.45, 7) is 6.20. The Labute approximate surface area is 121 Å². The lowest BCUT2D eigenvalue weighted by atomic mass is 10.0. The van der Waals surface area contributed by atoms with Crippen LogP contribution in [0.4, 0.5) is 5.69 Å². The van der Waals surface area contributed by atoms with Gasteiger partial charge >= 0.3 is 0 Å². The fourth-order valence-electron chi connectivity index (χ4n) is 2.64. The van der Waals surface area contributed by atoms with E-state index in [2.05, 4.69) is 12.2 Å². The van der Waals surface area contributed by atoms with E-state index >= 15 is 0 Å². The van der Waals surface area contributed by atoms with Gasteiger partial charge in [0.2, 0.25) is 5.91 Å². The lowest BCUT2D eigenvalue weighted by Crippen LogP contribution is -2.45. The highest BCUT2D eigenvalue weighted by molar-refractivity contribution is 5.95. The third-order valence-corrected chi connectivity index (χ3v) is 3.86. The standard InChI is InChI=1S/C16H24N2O2/c1-4-9-17-14-11-20-10-13(14)16(19)18(3)15-8-6-5-7-12(15)2/h5-8,13-14,17H,4,9-11H2,1-3H3. The summed E-state index contributed by atoms with van der Waals surface area (Å²) in [5, 5.41) is 3.41. The number of amides is 1. The first-order chi connectivity index (χ1) is 9.65. The van der Waals surface area contributed by atoms with Crippen molar-refractivity contribution in [1.29, 1.82) is 0 Å². The summed E-state index contributed by atoms with van der Waals surface area (Å²) in [6.07, 6.45) is 1.06. The number of hydrogen-bond acceptors (Lipinski definition) is 3. The van der Waals surface area contributed by atoms with Gasteiger partial charge in [0.05, 0.1) is 19.1 Å². The Morgan fingerprint density at radius 3 is 2.85 bits per heavy atom. The molecule has 1 saturated heterocycles. The number of aryl methyl sites for hydroxylation is 1. The largest absolute Gasteiger partial charge is 0.379 e. The van der Waals surface area contributed by atoms with Gasteiger partial charge in [0, 0.05) is 18.8 Å². The zero-order chi connectivity index (χ0) is 14.5. The van der Waals surface area contributed by atoms with E-state index in [1.54, 1.807) is 4.90 Å². The molecule has 2 rings (SSSR count). The lowest BCUT2D eigenvalue weighted by molar-refractivity contribution is -0.122. The summed E-state index contributed by atoms with van der Waals surface area (Å²) >= 11 is 0. The molecule has 110 valence electrons. The molecule has 0 radical (unpaired) electrons. The lowest BCUT2D eigenvalue weighted by Gasteiger charge is -2.25. The van der Waals surface area contributed by atoms with Crippen LogP contribution in [-0.2, 0) is 9.53 Å². The molecule has 2 atom stereocenters. The van der Waals surface area contributed by atoms with E-state index < -0.39 is 0 Å². The summed E-state index contributed by atoms with van der Waals surface area (Å²) in [5.41, 5.74) is 2.08. The molecular formula is C16H24N2O2. The summed E-state index contributed by atoms with van der Waals surface area (Å²) in [6, 6.07) is 8.09. The molecule has 1 aliphatic rings. The highest BCUT2D eigenvalue weighted by Crippen LogP contribution is 2.23. The Hall–Kier alpha value is -1.39. The average molecular weight is 276 g/mol. The second-order valence-electron chi connectivity index (χ2n) is 5.39. The van der Waals surface area contributed by atoms with Crippen molar-refractivity contribution in [2.24, 2.45) is 5.92 Å². The number of nitrogens with one attached hydrogen (secondary N) is 1. The molecule has 1 aromatic rings. The van der Waals surface area contributed by atoms with Gasteiger partial charge in [-0.25, -0.2) is 0 Å². The SMILES string of the molecule is CCCNC1COCC1C(=O)N(C)c1ccccc1C. The molecular weight excluding hydrogens is 252 g/mol. The minimum absolute atomic E-state index is 0.0915. The van der Waals surface area contributed by atoms with Crippen molar-refractivity contribution in [3.63, 3.8) is 0 Å². The van der Waals surface area contributed by atoms with E-state index in [1.165, 1.54) is 0 Å². The van der Waals surface area contributed by atoms with Gasteiger partial charge in [-0.2, -0.15) is 0 Å². The number of carbonyl (C=O) groups excluding carboxylic acids is 1. The molecule has 1 fully saturated rings. The van der Waals surface area contributed by atoms with Crippen LogP contribution in [0.25, 0.3) is 0 Å². The molecule has 2 unspecified atom stereocenters. The third kappa shape index (κ3) is 3.19. The van der Waals surface area contributed by atoms with Gasteiger partial charge in [-0.3, -0.25) is 4.79 Å². The molecule has 1 heterocycles. The number of rotatable bonds is 5. The van der Waals surface area contributed by atoms with Crippen LogP contribution in [0.1, 0.15) is 18.9 Å². The van der Waals surface area contributed by atoms with Crippen molar-refractivity contribution < 1.29 is 9.53 Å². The Kier molecular flexibility index (Phi) is 5.15. The average Bonchev–Trinajstić information content (AvgIpc) is 2.92. The molecule has 0 saturated carbocycles. The van der Waals surface area contributed by atoms with Gasteiger partial charge in [0.1, 0.15) is 0 Å². The number of benzene rings is 1. The molecule has 0 bridgehead atoms. The number of hydrogen-bond donors (Lipinski definition) is 1. The first kappa shape index (κ1) is 15.0. The van der Waals surface area contributed by atoms with E-state index in [4.69, 9.17) is 4.74 Å². The van der Waals surface area contributed by atoms with Gasteiger partial charge in [-0.05, 0) is 31.5 Å². The minimum Gasteiger partial charge on any atom is -0.379 e. The number of para-hydroxylation sites is 1. The minimum atomic E-state index is -0.0915. The highest BCUT2D eigenvalue weighted by atomic mass is 16.5. The van der Waals surface area contributed by atoms with Gasteiger partial charge in [-0.1, -0.05) is 25.1 Å². The molecule has 1 amide bonds. The van der Waals surface area contributed by atoms with E-state index in [0.29, 0.717) is 13.2 Å². The predicted molar refractivity (Wildman–Crippen MR) is 81.0 cm³/mol. The molecule has 0 spiro atoms. The molecule has 4 heteroatoms.